The molecule has 4 N–H and O–H groups in total. The summed E-state index contributed by atoms with van der Waals surface area (Å²) in [6.07, 6.45) is 4.77. The Labute approximate surface area is 114 Å². The van der Waals surface area contributed by atoms with Crippen LogP contribution in [-0.4, -0.2) is 18.3 Å². The standard InChI is InChI=1S/C15H21N3O/c16-8-11-5-6-14(7-15(11)17)18-9-12-3-1-2-4-13(12)10-19/h5-7,12-13,18-19H,1-4,9-10,17H2. The minimum absolute atomic E-state index is 0.280. The summed E-state index contributed by atoms with van der Waals surface area (Å²) in [5.74, 6) is 0.938. The van der Waals surface area contributed by atoms with Crippen molar-refractivity contribution < 1.29 is 5.11 Å². The van der Waals surface area contributed by atoms with Crippen molar-refractivity contribution in [2.75, 3.05) is 24.2 Å². The molecular weight excluding hydrogens is 238 g/mol. The maximum Gasteiger partial charge on any atom is 0.101 e. The van der Waals surface area contributed by atoms with Crippen molar-refractivity contribution >= 4 is 11.4 Å². The summed E-state index contributed by atoms with van der Waals surface area (Å²) in [6, 6.07) is 7.48. The van der Waals surface area contributed by atoms with Gasteiger partial charge in [0.15, 0.2) is 0 Å². The SMILES string of the molecule is N#Cc1ccc(NCC2CCCCC2CO)cc1N. The van der Waals surface area contributed by atoms with E-state index in [0.29, 0.717) is 23.1 Å². The van der Waals surface area contributed by atoms with Gasteiger partial charge in [-0.2, -0.15) is 5.26 Å². The van der Waals surface area contributed by atoms with Gasteiger partial charge in [-0.3, -0.25) is 0 Å². The summed E-state index contributed by atoms with van der Waals surface area (Å²) in [5, 5.41) is 21.6. The van der Waals surface area contributed by atoms with Crippen molar-refractivity contribution in [3.8, 4) is 6.07 Å². The number of nitriles is 1. The van der Waals surface area contributed by atoms with Gasteiger partial charge in [0.1, 0.15) is 6.07 Å². The third-order valence-corrected chi connectivity index (χ3v) is 4.04. The second kappa shape index (κ2) is 6.44. The van der Waals surface area contributed by atoms with E-state index in [1.165, 1.54) is 19.3 Å². The molecule has 0 spiro atoms. The van der Waals surface area contributed by atoms with Gasteiger partial charge in [0, 0.05) is 18.8 Å². The van der Waals surface area contributed by atoms with Crippen LogP contribution >= 0.6 is 0 Å². The summed E-state index contributed by atoms with van der Waals surface area (Å²) >= 11 is 0. The minimum Gasteiger partial charge on any atom is -0.398 e. The Balaban J connectivity index is 1.94. The van der Waals surface area contributed by atoms with E-state index in [-0.39, 0.29) is 6.61 Å². The summed E-state index contributed by atoms with van der Waals surface area (Å²) in [4.78, 5) is 0. The molecule has 0 amide bonds. The number of aliphatic hydroxyl groups is 1. The van der Waals surface area contributed by atoms with Gasteiger partial charge < -0.3 is 16.2 Å². The molecule has 0 heterocycles. The maximum absolute atomic E-state index is 9.39. The lowest BCUT2D eigenvalue weighted by atomic mass is 9.79. The lowest BCUT2D eigenvalue weighted by molar-refractivity contribution is 0.141. The monoisotopic (exact) mass is 259 g/mol. The average molecular weight is 259 g/mol. The number of benzene rings is 1. The molecule has 1 aliphatic carbocycles. The molecule has 2 rings (SSSR count). The number of hydrogen-bond acceptors (Lipinski definition) is 4. The van der Waals surface area contributed by atoms with E-state index >= 15 is 0 Å². The van der Waals surface area contributed by atoms with Crippen molar-refractivity contribution in [3.63, 3.8) is 0 Å². The van der Waals surface area contributed by atoms with E-state index < -0.39 is 0 Å². The Morgan fingerprint density at radius 3 is 2.68 bits per heavy atom. The molecule has 1 aromatic rings. The van der Waals surface area contributed by atoms with Crippen LogP contribution in [0.2, 0.25) is 0 Å². The van der Waals surface area contributed by atoms with E-state index in [9.17, 15) is 5.11 Å². The second-order valence-electron chi connectivity index (χ2n) is 5.28. The topological polar surface area (TPSA) is 82.1 Å². The molecule has 0 radical (unpaired) electrons. The van der Waals surface area contributed by atoms with Gasteiger partial charge in [-0.1, -0.05) is 12.8 Å². The first kappa shape index (κ1) is 13.7. The van der Waals surface area contributed by atoms with Crippen LogP contribution < -0.4 is 11.1 Å². The predicted octanol–water partition coefficient (Wildman–Crippen LogP) is 2.35. The molecule has 0 bridgehead atoms. The molecule has 4 heteroatoms. The van der Waals surface area contributed by atoms with Crippen LogP contribution in [-0.2, 0) is 0 Å². The predicted molar refractivity (Wildman–Crippen MR) is 76.6 cm³/mol. The maximum atomic E-state index is 9.39. The molecular formula is C15H21N3O. The Morgan fingerprint density at radius 1 is 1.32 bits per heavy atom. The number of anilines is 2. The highest BCUT2D eigenvalue weighted by Crippen LogP contribution is 2.30. The lowest BCUT2D eigenvalue weighted by Crippen LogP contribution is -2.28. The number of aliphatic hydroxyl groups excluding tert-OH is 1. The number of nitrogens with one attached hydrogen (secondary N) is 1. The quantitative estimate of drug-likeness (QED) is 0.725. The van der Waals surface area contributed by atoms with Crippen LogP contribution in [0.5, 0.6) is 0 Å². The number of hydrogen-bond donors (Lipinski definition) is 3. The van der Waals surface area contributed by atoms with Crippen LogP contribution in [0.4, 0.5) is 11.4 Å². The highest BCUT2D eigenvalue weighted by Gasteiger charge is 2.24. The first-order valence-corrected chi connectivity index (χ1v) is 6.89. The highest BCUT2D eigenvalue weighted by atomic mass is 16.3. The van der Waals surface area contributed by atoms with E-state index in [1.807, 2.05) is 6.07 Å². The fraction of sp³-hybridized carbons (Fsp3) is 0.533. The Kier molecular flexibility index (Phi) is 4.64. The Morgan fingerprint density at radius 2 is 2.05 bits per heavy atom. The van der Waals surface area contributed by atoms with Gasteiger partial charge in [0.05, 0.1) is 11.3 Å². The molecule has 0 aliphatic heterocycles. The number of nitrogens with zero attached hydrogens (tertiary/aromatic N) is 1. The smallest absolute Gasteiger partial charge is 0.101 e. The van der Waals surface area contributed by atoms with Crippen molar-refractivity contribution in [3.05, 3.63) is 23.8 Å². The molecule has 1 fully saturated rings. The molecule has 4 nitrogen and oxygen atoms in total. The lowest BCUT2D eigenvalue weighted by Gasteiger charge is -2.30. The van der Waals surface area contributed by atoms with Gasteiger partial charge in [-0.05, 0) is 42.9 Å². The third kappa shape index (κ3) is 3.39. The molecule has 19 heavy (non-hydrogen) atoms. The average Bonchev–Trinajstić information content (AvgIpc) is 2.45. The zero-order valence-electron chi connectivity index (χ0n) is 11.1. The van der Waals surface area contributed by atoms with E-state index in [4.69, 9.17) is 11.0 Å². The first-order valence-electron chi connectivity index (χ1n) is 6.89. The summed E-state index contributed by atoms with van der Waals surface area (Å²) < 4.78 is 0. The fourth-order valence-electron chi connectivity index (χ4n) is 2.82. The summed E-state index contributed by atoms with van der Waals surface area (Å²) in [5.41, 5.74) is 7.75. The Bertz CT molecular complexity index is 467. The van der Waals surface area contributed by atoms with Crippen LogP contribution in [0.3, 0.4) is 0 Å². The van der Waals surface area contributed by atoms with E-state index in [0.717, 1.165) is 18.7 Å². The molecule has 0 saturated heterocycles. The van der Waals surface area contributed by atoms with Gasteiger partial charge in [0.25, 0.3) is 0 Å². The largest absolute Gasteiger partial charge is 0.398 e. The van der Waals surface area contributed by atoms with E-state index in [2.05, 4.69) is 11.4 Å². The van der Waals surface area contributed by atoms with Crippen LogP contribution in [0.15, 0.2) is 18.2 Å². The molecule has 2 unspecified atom stereocenters. The molecule has 1 saturated carbocycles. The normalized spacial score (nSPS) is 22.7. The van der Waals surface area contributed by atoms with Gasteiger partial charge in [-0.15, -0.1) is 0 Å². The van der Waals surface area contributed by atoms with Crippen LogP contribution in [0.1, 0.15) is 31.2 Å². The molecule has 2 atom stereocenters. The number of nitrogen functional groups attached to an aromatic ring is 1. The fourth-order valence-corrected chi connectivity index (χ4v) is 2.82. The van der Waals surface area contributed by atoms with Crippen molar-refractivity contribution in [2.24, 2.45) is 11.8 Å². The van der Waals surface area contributed by atoms with Gasteiger partial charge in [0.2, 0.25) is 0 Å². The molecule has 102 valence electrons. The zero-order valence-corrected chi connectivity index (χ0v) is 11.1. The minimum atomic E-state index is 0.280. The third-order valence-electron chi connectivity index (χ3n) is 4.04. The van der Waals surface area contributed by atoms with Crippen LogP contribution in [0, 0.1) is 23.2 Å². The summed E-state index contributed by atoms with van der Waals surface area (Å²) in [6.45, 7) is 1.14. The second-order valence-corrected chi connectivity index (χ2v) is 5.28. The van der Waals surface area contributed by atoms with Gasteiger partial charge in [-0.25, -0.2) is 0 Å². The van der Waals surface area contributed by atoms with E-state index in [1.54, 1.807) is 12.1 Å². The van der Waals surface area contributed by atoms with Crippen molar-refractivity contribution in [1.82, 2.24) is 0 Å². The number of rotatable bonds is 4. The first-order chi connectivity index (χ1) is 9.24. The molecule has 0 aromatic heterocycles. The number of nitrogens with two attached hydrogens (primary N) is 1. The van der Waals surface area contributed by atoms with Crippen LogP contribution in [0.25, 0.3) is 0 Å². The Hall–Kier alpha value is -1.73. The molecule has 1 aliphatic rings. The zero-order chi connectivity index (χ0) is 13.7. The molecule has 1 aromatic carbocycles. The van der Waals surface area contributed by atoms with Gasteiger partial charge >= 0.3 is 0 Å². The van der Waals surface area contributed by atoms with Crippen molar-refractivity contribution in [1.29, 1.82) is 5.26 Å². The summed E-state index contributed by atoms with van der Waals surface area (Å²) in [7, 11) is 0. The highest BCUT2D eigenvalue weighted by molar-refractivity contribution is 5.62. The van der Waals surface area contributed by atoms with Crippen molar-refractivity contribution in [2.45, 2.75) is 25.7 Å².